The van der Waals surface area contributed by atoms with Crippen molar-refractivity contribution in [2.75, 3.05) is 0 Å². The Morgan fingerprint density at radius 3 is 2.90 bits per heavy atom. The van der Waals surface area contributed by atoms with E-state index in [1.807, 2.05) is 12.1 Å². The molecule has 0 saturated carbocycles. The van der Waals surface area contributed by atoms with Crippen LogP contribution in [0, 0.1) is 5.82 Å². The largest absolute Gasteiger partial charge is 0.455 e. The van der Waals surface area contributed by atoms with Crippen LogP contribution in [0.25, 0.3) is 11.0 Å². The predicted octanol–water partition coefficient (Wildman–Crippen LogP) is 3.63. The molecule has 0 aliphatic rings. The summed E-state index contributed by atoms with van der Waals surface area (Å²) in [6, 6.07) is 10.2. The lowest BCUT2D eigenvalue weighted by atomic mass is 10.1. The van der Waals surface area contributed by atoms with Crippen LogP contribution in [0.4, 0.5) is 4.39 Å². The number of rotatable bonds is 4. The summed E-state index contributed by atoms with van der Waals surface area (Å²) in [6.45, 7) is 0. The molecule has 0 spiro atoms. The number of aliphatic hydroxyl groups excluding tert-OH is 1. The van der Waals surface area contributed by atoms with Gasteiger partial charge in [-0.2, -0.15) is 0 Å². The van der Waals surface area contributed by atoms with E-state index in [1.54, 1.807) is 30.6 Å². The first kappa shape index (κ1) is 12.8. The molecule has 1 N–H and O–H groups in total. The molecule has 20 heavy (non-hydrogen) atoms. The number of aromatic nitrogens is 1. The molecule has 3 nitrogen and oxygen atoms in total. The molecule has 0 fully saturated rings. The van der Waals surface area contributed by atoms with Gasteiger partial charge in [0.2, 0.25) is 0 Å². The highest BCUT2D eigenvalue weighted by Gasteiger charge is 2.15. The third-order valence-corrected chi connectivity index (χ3v) is 3.27. The Labute approximate surface area is 115 Å². The monoisotopic (exact) mass is 271 g/mol. The average molecular weight is 271 g/mol. The molecule has 3 rings (SSSR count). The second-order valence-electron chi connectivity index (χ2n) is 4.72. The summed E-state index contributed by atoms with van der Waals surface area (Å²) in [5.41, 5.74) is 1.25. The summed E-state index contributed by atoms with van der Waals surface area (Å²) in [4.78, 5) is 4.03. The maximum Gasteiger partial charge on any atom is 0.170 e. The number of aryl methyl sites for hydroxylation is 1. The first-order valence-electron chi connectivity index (χ1n) is 6.49. The molecule has 0 bridgehead atoms. The summed E-state index contributed by atoms with van der Waals surface area (Å²) < 4.78 is 18.9. The Kier molecular flexibility index (Phi) is 3.48. The summed E-state index contributed by atoms with van der Waals surface area (Å²) in [5, 5.41) is 10.8. The SMILES string of the molecule is OC(CCc1cccnc1)c1cc2cccc(F)c2o1. The van der Waals surface area contributed by atoms with Crippen LogP contribution in [0.2, 0.25) is 0 Å². The fraction of sp³-hybridized carbons (Fsp3) is 0.188. The van der Waals surface area contributed by atoms with E-state index in [9.17, 15) is 9.50 Å². The zero-order valence-corrected chi connectivity index (χ0v) is 10.8. The molecule has 4 heteroatoms. The van der Waals surface area contributed by atoms with Crippen molar-refractivity contribution in [1.29, 1.82) is 0 Å². The summed E-state index contributed by atoms with van der Waals surface area (Å²) in [7, 11) is 0. The first-order valence-corrected chi connectivity index (χ1v) is 6.49. The van der Waals surface area contributed by atoms with E-state index in [0.29, 0.717) is 24.0 Å². The van der Waals surface area contributed by atoms with Gasteiger partial charge < -0.3 is 9.52 Å². The van der Waals surface area contributed by atoms with Crippen molar-refractivity contribution in [3.05, 3.63) is 65.9 Å². The third-order valence-electron chi connectivity index (χ3n) is 3.27. The standard InChI is InChI=1S/C16H14FNO2/c17-13-5-1-4-12-9-15(20-16(12)13)14(19)7-6-11-3-2-8-18-10-11/h1-5,8-10,14,19H,6-7H2. The Morgan fingerprint density at radius 1 is 1.25 bits per heavy atom. The third kappa shape index (κ3) is 2.56. The van der Waals surface area contributed by atoms with E-state index < -0.39 is 11.9 Å². The number of fused-ring (bicyclic) bond motifs is 1. The van der Waals surface area contributed by atoms with Crippen LogP contribution < -0.4 is 0 Å². The number of pyridine rings is 1. The highest BCUT2D eigenvalue weighted by atomic mass is 19.1. The predicted molar refractivity (Wildman–Crippen MR) is 73.7 cm³/mol. The smallest absolute Gasteiger partial charge is 0.170 e. The van der Waals surface area contributed by atoms with Gasteiger partial charge in [-0.15, -0.1) is 0 Å². The molecule has 2 heterocycles. The van der Waals surface area contributed by atoms with Crippen molar-refractivity contribution in [2.24, 2.45) is 0 Å². The van der Waals surface area contributed by atoms with Crippen molar-refractivity contribution in [3.63, 3.8) is 0 Å². The van der Waals surface area contributed by atoms with Crippen molar-refractivity contribution in [3.8, 4) is 0 Å². The minimum atomic E-state index is -0.748. The van der Waals surface area contributed by atoms with Crippen LogP contribution in [0.15, 0.2) is 53.2 Å². The van der Waals surface area contributed by atoms with Gasteiger partial charge >= 0.3 is 0 Å². The lowest BCUT2D eigenvalue weighted by Crippen LogP contribution is -1.98. The van der Waals surface area contributed by atoms with Crippen LogP contribution in [0.5, 0.6) is 0 Å². The zero-order chi connectivity index (χ0) is 13.9. The minimum Gasteiger partial charge on any atom is -0.455 e. The molecule has 0 aliphatic heterocycles. The highest BCUT2D eigenvalue weighted by molar-refractivity contribution is 5.78. The van der Waals surface area contributed by atoms with Crippen molar-refractivity contribution in [1.82, 2.24) is 4.98 Å². The van der Waals surface area contributed by atoms with Gasteiger partial charge in [0.05, 0.1) is 0 Å². The lowest BCUT2D eigenvalue weighted by molar-refractivity contribution is 0.142. The second kappa shape index (κ2) is 5.43. The second-order valence-corrected chi connectivity index (χ2v) is 4.72. The molecule has 102 valence electrons. The van der Waals surface area contributed by atoms with Crippen LogP contribution in [-0.4, -0.2) is 10.1 Å². The van der Waals surface area contributed by atoms with E-state index in [2.05, 4.69) is 4.98 Å². The molecule has 0 amide bonds. The zero-order valence-electron chi connectivity index (χ0n) is 10.8. The normalized spacial score (nSPS) is 12.7. The fourth-order valence-corrected chi connectivity index (χ4v) is 2.20. The number of aliphatic hydroxyl groups is 1. The van der Waals surface area contributed by atoms with Crippen LogP contribution in [0.3, 0.4) is 0 Å². The molecule has 1 aromatic carbocycles. The van der Waals surface area contributed by atoms with Gasteiger partial charge in [-0.25, -0.2) is 4.39 Å². The number of benzene rings is 1. The molecule has 2 aromatic heterocycles. The minimum absolute atomic E-state index is 0.197. The van der Waals surface area contributed by atoms with Crippen LogP contribution >= 0.6 is 0 Å². The number of nitrogens with zero attached hydrogens (tertiary/aromatic N) is 1. The molecule has 0 saturated heterocycles. The van der Waals surface area contributed by atoms with Gasteiger partial charge in [0.25, 0.3) is 0 Å². The Morgan fingerprint density at radius 2 is 2.15 bits per heavy atom. The molecule has 1 atom stereocenters. The first-order chi connectivity index (χ1) is 9.74. The van der Waals surface area contributed by atoms with Gasteiger partial charge in [0, 0.05) is 17.8 Å². The van der Waals surface area contributed by atoms with Crippen molar-refractivity contribution >= 4 is 11.0 Å². The van der Waals surface area contributed by atoms with E-state index in [-0.39, 0.29) is 5.58 Å². The van der Waals surface area contributed by atoms with Crippen LogP contribution in [-0.2, 0) is 6.42 Å². The number of furan rings is 1. The van der Waals surface area contributed by atoms with Gasteiger partial charge in [-0.3, -0.25) is 4.98 Å². The number of halogens is 1. The summed E-state index contributed by atoms with van der Waals surface area (Å²) in [5.74, 6) is -0.0119. The Balaban J connectivity index is 1.75. The highest BCUT2D eigenvalue weighted by Crippen LogP contribution is 2.28. The number of hydrogen-bond acceptors (Lipinski definition) is 3. The topological polar surface area (TPSA) is 46.3 Å². The maximum atomic E-state index is 13.5. The van der Waals surface area contributed by atoms with E-state index in [4.69, 9.17) is 4.42 Å². The molecule has 0 radical (unpaired) electrons. The average Bonchev–Trinajstić information content (AvgIpc) is 2.91. The lowest BCUT2D eigenvalue weighted by Gasteiger charge is -2.06. The van der Waals surface area contributed by atoms with Gasteiger partial charge in [-0.05, 0) is 36.6 Å². The van der Waals surface area contributed by atoms with Gasteiger partial charge in [-0.1, -0.05) is 18.2 Å². The number of para-hydroxylation sites is 1. The van der Waals surface area contributed by atoms with E-state index >= 15 is 0 Å². The quantitative estimate of drug-likeness (QED) is 0.788. The molecule has 0 aliphatic carbocycles. The van der Waals surface area contributed by atoms with E-state index in [0.717, 1.165) is 5.56 Å². The number of hydrogen-bond donors (Lipinski definition) is 1. The molecule has 3 aromatic rings. The van der Waals surface area contributed by atoms with Crippen LogP contribution in [0.1, 0.15) is 23.8 Å². The maximum absolute atomic E-state index is 13.5. The Hall–Kier alpha value is -2.20. The fourth-order valence-electron chi connectivity index (χ4n) is 2.20. The Bertz CT molecular complexity index is 709. The summed E-state index contributed by atoms with van der Waals surface area (Å²) in [6.07, 6.45) is 3.93. The molecule has 1 unspecified atom stereocenters. The van der Waals surface area contributed by atoms with E-state index in [1.165, 1.54) is 6.07 Å². The van der Waals surface area contributed by atoms with Crippen molar-refractivity contribution in [2.45, 2.75) is 18.9 Å². The van der Waals surface area contributed by atoms with Gasteiger partial charge in [0.15, 0.2) is 11.4 Å². The van der Waals surface area contributed by atoms with Crippen molar-refractivity contribution < 1.29 is 13.9 Å². The van der Waals surface area contributed by atoms with Gasteiger partial charge in [0.1, 0.15) is 11.9 Å². The summed E-state index contributed by atoms with van der Waals surface area (Å²) >= 11 is 0. The molecular weight excluding hydrogens is 257 g/mol. The molecular formula is C16H14FNO2.